The molecule has 0 saturated carbocycles. The van der Waals surface area contributed by atoms with E-state index in [1.807, 2.05) is 0 Å². The van der Waals surface area contributed by atoms with Crippen molar-refractivity contribution < 1.29 is 0 Å². The van der Waals surface area contributed by atoms with Crippen LogP contribution in [0.5, 0.6) is 0 Å². The number of benzene rings is 1. The highest BCUT2D eigenvalue weighted by Crippen LogP contribution is 2.25. The van der Waals surface area contributed by atoms with Crippen LogP contribution in [-0.4, -0.2) is 49.1 Å². The van der Waals surface area contributed by atoms with Crippen molar-refractivity contribution in [2.75, 3.05) is 44.2 Å². The summed E-state index contributed by atoms with van der Waals surface area (Å²) in [5.74, 6) is 2.57. The molecule has 1 fully saturated rings. The van der Waals surface area contributed by atoms with Gasteiger partial charge in [0.1, 0.15) is 0 Å². The van der Waals surface area contributed by atoms with Gasteiger partial charge in [0.05, 0.1) is 0 Å². The Balaban J connectivity index is 2.09. The molecule has 2 rings (SSSR count). The number of nitrogens with one attached hydrogen (secondary N) is 1. The van der Waals surface area contributed by atoms with Gasteiger partial charge in [-0.25, -0.2) is 0 Å². The zero-order valence-electron chi connectivity index (χ0n) is 12.2. The number of likely N-dealkylation sites (N-methyl/N-ethyl adjacent to an activating group) is 1. The highest BCUT2D eigenvalue weighted by molar-refractivity contribution is 7.99. The summed E-state index contributed by atoms with van der Waals surface area (Å²) in [6.45, 7) is 10.3. The second-order valence-corrected chi connectivity index (χ2v) is 6.82. The standard InChI is InChI=1S/C16H26N2S/c1-3-17-13-16(2,15-7-5-4-6-8-15)14-18-9-11-19-12-10-18/h4-8,17H,3,9-14H2,1-2H3. The van der Waals surface area contributed by atoms with Crippen LogP contribution in [-0.2, 0) is 5.41 Å². The minimum absolute atomic E-state index is 0.208. The molecule has 0 bridgehead atoms. The Kier molecular flexibility index (Phi) is 5.74. The summed E-state index contributed by atoms with van der Waals surface area (Å²) in [7, 11) is 0. The van der Waals surface area contributed by atoms with Gasteiger partial charge in [0.15, 0.2) is 0 Å². The van der Waals surface area contributed by atoms with Gasteiger partial charge >= 0.3 is 0 Å². The molecule has 1 unspecified atom stereocenters. The molecular formula is C16H26N2S. The first-order valence-electron chi connectivity index (χ1n) is 7.31. The SMILES string of the molecule is CCNCC(C)(CN1CCSCC1)c1ccccc1. The number of hydrogen-bond acceptors (Lipinski definition) is 3. The molecule has 2 nitrogen and oxygen atoms in total. The van der Waals surface area contributed by atoms with Crippen molar-refractivity contribution in [2.45, 2.75) is 19.3 Å². The molecule has 1 atom stereocenters. The van der Waals surface area contributed by atoms with E-state index in [2.05, 4.69) is 66.2 Å². The van der Waals surface area contributed by atoms with E-state index in [0.717, 1.165) is 19.6 Å². The van der Waals surface area contributed by atoms with Crippen LogP contribution in [0.4, 0.5) is 0 Å². The Labute approximate surface area is 122 Å². The Bertz CT molecular complexity index is 362. The van der Waals surface area contributed by atoms with Crippen molar-refractivity contribution in [2.24, 2.45) is 0 Å². The molecule has 3 heteroatoms. The van der Waals surface area contributed by atoms with Crippen LogP contribution in [0, 0.1) is 0 Å². The van der Waals surface area contributed by atoms with Gasteiger partial charge in [-0.1, -0.05) is 44.2 Å². The van der Waals surface area contributed by atoms with Crippen LogP contribution in [0.2, 0.25) is 0 Å². The molecule has 0 radical (unpaired) electrons. The fourth-order valence-electron chi connectivity index (χ4n) is 2.74. The summed E-state index contributed by atoms with van der Waals surface area (Å²) in [5.41, 5.74) is 1.66. The zero-order valence-corrected chi connectivity index (χ0v) is 13.0. The predicted molar refractivity (Wildman–Crippen MR) is 86.1 cm³/mol. The van der Waals surface area contributed by atoms with E-state index in [1.165, 1.54) is 30.2 Å². The summed E-state index contributed by atoms with van der Waals surface area (Å²) in [6.07, 6.45) is 0. The number of rotatable bonds is 6. The van der Waals surface area contributed by atoms with Crippen LogP contribution in [0.1, 0.15) is 19.4 Å². The lowest BCUT2D eigenvalue weighted by atomic mass is 9.81. The lowest BCUT2D eigenvalue weighted by molar-refractivity contribution is 0.229. The first-order valence-corrected chi connectivity index (χ1v) is 8.46. The highest BCUT2D eigenvalue weighted by atomic mass is 32.2. The fourth-order valence-corrected chi connectivity index (χ4v) is 3.72. The minimum Gasteiger partial charge on any atom is -0.316 e. The van der Waals surface area contributed by atoms with Crippen molar-refractivity contribution >= 4 is 11.8 Å². The molecule has 1 aromatic rings. The van der Waals surface area contributed by atoms with Crippen LogP contribution in [0.3, 0.4) is 0 Å². The monoisotopic (exact) mass is 278 g/mol. The quantitative estimate of drug-likeness (QED) is 0.861. The predicted octanol–water partition coefficient (Wildman–Crippen LogP) is 2.60. The number of nitrogens with zero attached hydrogens (tertiary/aromatic N) is 1. The van der Waals surface area contributed by atoms with Gasteiger partial charge in [0, 0.05) is 43.1 Å². The zero-order chi connectivity index (χ0) is 13.6. The van der Waals surface area contributed by atoms with Gasteiger partial charge in [0.25, 0.3) is 0 Å². The molecule has 1 heterocycles. The van der Waals surface area contributed by atoms with Crippen molar-refractivity contribution in [3.8, 4) is 0 Å². The van der Waals surface area contributed by atoms with Gasteiger partial charge in [-0.2, -0.15) is 11.8 Å². The first-order chi connectivity index (χ1) is 9.24. The molecule has 19 heavy (non-hydrogen) atoms. The lowest BCUT2D eigenvalue weighted by Gasteiger charge is -2.38. The van der Waals surface area contributed by atoms with E-state index in [4.69, 9.17) is 0 Å². The Morgan fingerprint density at radius 3 is 2.53 bits per heavy atom. The fraction of sp³-hybridized carbons (Fsp3) is 0.625. The molecule has 1 N–H and O–H groups in total. The lowest BCUT2D eigenvalue weighted by Crippen LogP contribution is -2.47. The first kappa shape index (κ1) is 14.9. The van der Waals surface area contributed by atoms with E-state index >= 15 is 0 Å². The van der Waals surface area contributed by atoms with E-state index in [1.54, 1.807) is 0 Å². The second-order valence-electron chi connectivity index (χ2n) is 5.60. The van der Waals surface area contributed by atoms with Crippen molar-refractivity contribution in [3.63, 3.8) is 0 Å². The maximum Gasteiger partial charge on any atom is 0.0177 e. The smallest absolute Gasteiger partial charge is 0.0177 e. The van der Waals surface area contributed by atoms with Gasteiger partial charge in [-0.3, -0.25) is 0 Å². The maximum atomic E-state index is 3.55. The van der Waals surface area contributed by atoms with Gasteiger partial charge in [0.2, 0.25) is 0 Å². The van der Waals surface area contributed by atoms with Crippen LogP contribution < -0.4 is 5.32 Å². The third-order valence-corrected chi connectivity index (χ3v) is 4.85. The molecule has 1 aromatic carbocycles. The summed E-state index contributed by atoms with van der Waals surface area (Å²) in [5, 5.41) is 3.55. The third kappa shape index (κ3) is 4.23. The topological polar surface area (TPSA) is 15.3 Å². The van der Waals surface area contributed by atoms with E-state index in [0.29, 0.717) is 0 Å². The highest BCUT2D eigenvalue weighted by Gasteiger charge is 2.29. The van der Waals surface area contributed by atoms with E-state index < -0.39 is 0 Å². The van der Waals surface area contributed by atoms with E-state index in [-0.39, 0.29) is 5.41 Å². The van der Waals surface area contributed by atoms with Gasteiger partial charge < -0.3 is 10.2 Å². The van der Waals surface area contributed by atoms with Crippen molar-refractivity contribution in [1.82, 2.24) is 10.2 Å². The average molecular weight is 278 g/mol. The third-order valence-electron chi connectivity index (χ3n) is 3.91. The minimum atomic E-state index is 0.208. The summed E-state index contributed by atoms with van der Waals surface area (Å²) >= 11 is 2.08. The normalized spacial score (nSPS) is 20.1. The molecule has 1 saturated heterocycles. The molecular weight excluding hydrogens is 252 g/mol. The van der Waals surface area contributed by atoms with E-state index in [9.17, 15) is 0 Å². The van der Waals surface area contributed by atoms with Crippen molar-refractivity contribution in [1.29, 1.82) is 0 Å². The number of thioether (sulfide) groups is 1. The number of hydrogen-bond donors (Lipinski definition) is 1. The van der Waals surface area contributed by atoms with Crippen LogP contribution >= 0.6 is 11.8 Å². The van der Waals surface area contributed by atoms with Crippen LogP contribution in [0.25, 0.3) is 0 Å². The van der Waals surface area contributed by atoms with Gasteiger partial charge in [-0.05, 0) is 12.1 Å². The second kappa shape index (κ2) is 7.32. The Morgan fingerprint density at radius 1 is 1.21 bits per heavy atom. The Morgan fingerprint density at radius 2 is 1.89 bits per heavy atom. The largest absolute Gasteiger partial charge is 0.316 e. The van der Waals surface area contributed by atoms with Crippen molar-refractivity contribution in [3.05, 3.63) is 35.9 Å². The summed E-state index contributed by atoms with van der Waals surface area (Å²) in [4.78, 5) is 2.63. The molecule has 0 amide bonds. The molecule has 0 aliphatic carbocycles. The molecule has 1 aliphatic rings. The Hall–Kier alpha value is -0.510. The summed E-state index contributed by atoms with van der Waals surface area (Å²) in [6, 6.07) is 11.0. The molecule has 0 spiro atoms. The van der Waals surface area contributed by atoms with Gasteiger partial charge in [-0.15, -0.1) is 0 Å². The molecule has 106 valence electrons. The molecule has 0 aromatic heterocycles. The van der Waals surface area contributed by atoms with Crippen LogP contribution in [0.15, 0.2) is 30.3 Å². The molecule has 1 aliphatic heterocycles. The average Bonchev–Trinajstić information content (AvgIpc) is 2.47. The summed E-state index contributed by atoms with van der Waals surface area (Å²) < 4.78 is 0. The maximum absolute atomic E-state index is 3.55.